The predicted octanol–water partition coefficient (Wildman–Crippen LogP) is 5.15. The zero-order chi connectivity index (χ0) is 26.4. The van der Waals surface area contributed by atoms with Gasteiger partial charge in [-0.15, -0.1) is 0 Å². The summed E-state index contributed by atoms with van der Waals surface area (Å²) in [5, 5.41) is 1.16. The fourth-order valence-electron chi connectivity index (χ4n) is 4.76. The first-order valence-electron chi connectivity index (χ1n) is 11.7. The molecule has 9 nitrogen and oxygen atoms in total. The fraction of sp³-hybridized carbons (Fsp3) is 0.172. The molecule has 0 N–H and O–H groups in total. The number of carbonyl (C=O) groups excluding carboxylic acids is 2. The van der Waals surface area contributed by atoms with Crippen molar-refractivity contribution in [3.05, 3.63) is 71.3 Å². The van der Waals surface area contributed by atoms with Gasteiger partial charge in [-0.3, -0.25) is 0 Å². The minimum Gasteiger partial charge on any atom is -0.497 e. The van der Waals surface area contributed by atoms with Crippen molar-refractivity contribution in [1.82, 2.24) is 0 Å². The highest BCUT2D eigenvalue weighted by Gasteiger charge is 2.34. The summed E-state index contributed by atoms with van der Waals surface area (Å²) in [5.41, 5.74) is 2.39. The molecule has 0 saturated heterocycles. The molecular formula is C29H22O9. The van der Waals surface area contributed by atoms with E-state index in [-0.39, 0.29) is 19.1 Å². The lowest BCUT2D eigenvalue weighted by Crippen LogP contribution is -2.11. The van der Waals surface area contributed by atoms with E-state index in [4.69, 9.17) is 33.2 Å². The maximum atomic E-state index is 13.2. The van der Waals surface area contributed by atoms with Crippen LogP contribution in [0.1, 0.15) is 26.3 Å². The third-order valence-corrected chi connectivity index (χ3v) is 6.60. The van der Waals surface area contributed by atoms with E-state index in [2.05, 4.69) is 0 Å². The Morgan fingerprint density at radius 3 is 2.18 bits per heavy atom. The van der Waals surface area contributed by atoms with Crippen LogP contribution in [-0.2, 0) is 11.3 Å². The number of esters is 2. The Kier molecular flexibility index (Phi) is 5.68. The lowest BCUT2D eigenvalue weighted by molar-refractivity contribution is 0.0534. The maximum absolute atomic E-state index is 13.2. The monoisotopic (exact) mass is 514 g/mol. The van der Waals surface area contributed by atoms with Crippen molar-refractivity contribution in [2.24, 2.45) is 0 Å². The van der Waals surface area contributed by atoms with Gasteiger partial charge in [0.15, 0.2) is 23.0 Å². The zero-order valence-corrected chi connectivity index (χ0v) is 20.8. The van der Waals surface area contributed by atoms with Crippen molar-refractivity contribution in [2.45, 2.75) is 6.61 Å². The summed E-state index contributed by atoms with van der Waals surface area (Å²) in [4.78, 5) is 26.3. The van der Waals surface area contributed by atoms with Crippen LogP contribution in [0.2, 0.25) is 0 Å². The Bertz CT molecular complexity index is 1610. The average molecular weight is 514 g/mol. The Balaban J connectivity index is 1.60. The van der Waals surface area contributed by atoms with Crippen LogP contribution in [0.25, 0.3) is 21.9 Å². The molecule has 192 valence electrons. The first-order valence-corrected chi connectivity index (χ1v) is 11.7. The molecule has 6 rings (SSSR count). The summed E-state index contributed by atoms with van der Waals surface area (Å²) in [6, 6.07) is 15.5. The van der Waals surface area contributed by atoms with Crippen LogP contribution in [0.5, 0.6) is 34.5 Å². The van der Waals surface area contributed by atoms with E-state index in [1.807, 2.05) is 12.1 Å². The minimum atomic E-state index is -0.596. The highest BCUT2D eigenvalue weighted by Crippen LogP contribution is 2.49. The second-order valence-corrected chi connectivity index (χ2v) is 8.57. The second kappa shape index (κ2) is 9.19. The van der Waals surface area contributed by atoms with E-state index in [1.54, 1.807) is 49.6 Å². The van der Waals surface area contributed by atoms with Crippen LogP contribution in [-0.4, -0.2) is 40.1 Å². The van der Waals surface area contributed by atoms with Crippen LogP contribution in [0.3, 0.4) is 0 Å². The maximum Gasteiger partial charge on any atom is 0.343 e. The van der Waals surface area contributed by atoms with Gasteiger partial charge in [0.05, 0.1) is 32.5 Å². The molecule has 0 radical (unpaired) electrons. The van der Waals surface area contributed by atoms with Gasteiger partial charge >= 0.3 is 11.9 Å². The molecule has 4 aromatic carbocycles. The number of carbonyl (C=O) groups is 2. The molecule has 4 aromatic rings. The molecule has 38 heavy (non-hydrogen) atoms. The fourth-order valence-corrected chi connectivity index (χ4v) is 4.76. The first-order chi connectivity index (χ1) is 18.5. The summed E-state index contributed by atoms with van der Waals surface area (Å²) in [7, 11) is 4.59. The lowest BCUT2D eigenvalue weighted by Gasteiger charge is -2.18. The molecule has 2 heterocycles. The quantitative estimate of drug-likeness (QED) is 0.255. The summed E-state index contributed by atoms with van der Waals surface area (Å²) in [5.74, 6) is 1.76. The smallest absolute Gasteiger partial charge is 0.343 e. The molecule has 0 amide bonds. The SMILES string of the molecule is COc1ccc(C(=O)Oc2c3c(c(-c4ccc5c(c4)OCO5)c4cc(OC)c(OC)cc24)C(=O)OC3)cc1. The minimum absolute atomic E-state index is 0.0543. The van der Waals surface area contributed by atoms with Gasteiger partial charge in [-0.25, -0.2) is 9.59 Å². The van der Waals surface area contributed by atoms with E-state index in [9.17, 15) is 9.59 Å². The average Bonchev–Trinajstić information content (AvgIpc) is 3.58. The van der Waals surface area contributed by atoms with Crippen LogP contribution in [0, 0.1) is 0 Å². The molecular weight excluding hydrogens is 492 g/mol. The van der Waals surface area contributed by atoms with Crippen molar-refractivity contribution >= 4 is 22.7 Å². The lowest BCUT2D eigenvalue weighted by atomic mass is 9.89. The topological polar surface area (TPSA) is 98.8 Å². The summed E-state index contributed by atoms with van der Waals surface area (Å²) in [6.07, 6.45) is 0. The number of hydrogen-bond acceptors (Lipinski definition) is 9. The third-order valence-electron chi connectivity index (χ3n) is 6.60. The third kappa shape index (κ3) is 3.71. The van der Waals surface area contributed by atoms with Crippen molar-refractivity contribution in [3.8, 4) is 45.6 Å². The van der Waals surface area contributed by atoms with Gasteiger partial charge in [-0.05, 0) is 59.5 Å². The number of cyclic esters (lactones) is 1. The largest absolute Gasteiger partial charge is 0.497 e. The molecule has 0 unspecified atom stereocenters. The molecule has 0 fully saturated rings. The van der Waals surface area contributed by atoms with Gasteiger partial charge in [-0.1, -0.05) is 6.07 Å². The van der Waals surface area contributed by atoms with Crippen molar-refractivity contribution in [2.75, 3.05) is 28.1 Å². The Morgan fingerprint density at radius 1 is 0.763 bits per heavy atom. The van der Waals surface area contributed by atoms with E-state index in [0.717, 1.165) is 0 Å². The zero-order valence-electron chi connectivity index (χ0n) is 20.8. The van der Waals surface area contributed by atoms with Gasteiger partial charge in [0.1, 0.15) is 18.1 Å². The molecule has 0 aromatic heterocycles. The van der Waals surface area contributed by atoms with Gasteiger partial charge < -0.3 is 33.2 Å². The molecule has 9 heteroatoms. The standard InChI is InChI=1S/C29H22O9/c1-32-17-7-4-15(5-8-17)28(30)38-27-19-12-23(34-3)22(33-2)11-18(19)25(26-20(27)13-35-29(26)31)16-6-9-21-24(10-16)37-14-36-21/h4-12H,13-14H2,1-3H3. The number of benzene rings is 4. The van der Waals surface area contributed by atoms with Gasteiger partial charge in [0.2, 0.25) is 6.79 Å². The second-order valence-electron chi connectivity index (χ2n) is 8.57. The van der Waals surface area contributed by atoms with Crippen molar-refractivity contribution in [3.63, 3.8) is 0 Å². The number of hydrogen-bond donors (Lipinski definition) is 0. The van der Waals surface area contributed by atoms with E-state index < -0.39 is 11.9 Å². The normalized spacial score (nSPS) is 13.2. The number of ether oxygens (including phenoxy) is 7. The molecule has 0 saturated carbocycles. The van der Waals surface area contributed by atoms with Crippen LogP contribution >= 0.6 is 0 Å². The summed E-state index contributed by atoms with van der Waals surface area (Å²) in [6.45, 7) is 0.0617. The highest BCUT2D eigenvalue weighted by atomic mass is 16.7. The predicted molar refractivity (Wildman–Crippen MR) is 136 cm³/mol. The van der Waals surface area contributed by atoms with Crippen molar-refractivity contribution in [1.29, 1.82) is 0 Å². The molecule has 0 atom stereocenters. The molecule has 2 aliphatic rings. The molecule has 0 aliphatic carbocycles. The number of fused-ring (bicyclic) bond motifs is 3. The highest BCUT2D eigenvalue weighted by molar-refractivity contribution is 6.14. The van der Waals surface area contributed by atoms with E-state index >= 15 is 0 Å². The summed E-state index contributed by atoms with van der Waals surface area (Å²) >= 11 is 0. The molecule has 0 spiro atoms. The van der Waals surface area contributed by atoms with Gasteiger partial charge in [0.25, 0.3) is 0 Å². The van der Waals surface area contributed by atoms with Crippen molar-refractivity contribution < 1.29 is 42.7 Å². The van der Waals surface area contributed by atoms with Crippen LogP contribution in [0.15, 0.2) is 54.6 Å². The van der Waals surface area contributed by atoms with E-state index in [1.165, 1.54) is 14.2 Å². The molecule has 0 bridgehead atoms. The van der Waals surface area contributed by atoms with Gasteiger partial charge in [-0.2, -0.15) is 0 Å². The molecule has 2 aliphatic heterocycles. The first kappa shape index (κ1) is 23.5. The number of methoxy groups -OCH3 is 3. The Hall–Kier alpha value is -4.92. The summed E-state index contributed by atoms with van der Waals surface area (Å²) < 4.78 is 38.7. The Labute approximate surface area is 217 Å². The van der Waals surface area contributed by atoms with Crippen LogP contribution < -0.4 is 28.4 Å². The van der Waals surface area contributed by atoms with Gasteiger partial charge in [0, 0.05) is 16.5 Å². The number of rotatable bonds is 6. The Morgan fingerprint density at radius 2 is 1.47 bits per heavy atom. The van der Waals surface area contributed by atoms with E-state index in [0.29, 0.717) is 67.3 Å². The van der Waals surface area contributed by atoms with Crippen LogP contribution in [0.4, 0.5) is 0 Å².